The molecular weight excluding hydrogens is 399 g/mol. The number of carbonyl (C=O) groups is 1. The highest BCUT2D eigenvalue weighted by Gasteiger charge is 2.19. The summed E-state index contributed by atoms with van der Waals surface area (Å²) in [4.78, 5) is 27.3. The minimum atomic E-state index is -0.581. The molecule has 31 heavy (non-hydrogen) atoms. The number of aryl methyl sites for hydroxylation is 1. The maximum Gasteiger partial charge on any atom is 0.217 e. The Bertz CT molecular complexity index is 1120. The van der Waals surface area contributed by atoms with Crippen LogP contribution in [-0.4, -0.2) is 24.6 Å². The zero-order valence-electron chi connectivity index (χ0n) is 17.8. The van der Waals surface area contributed by atoms with Crippen molar-refractivity contribution in [3.8, 4) is 22.6 Å². The van der Waals surface area contributed by atoms with Gasteiger partial charge in [-0.3, -0.25) is 9.59 Å². The summed E-state index contributed by atoms with van der Waals surface area (Å²) in [6.07, 6.45) is 4.63. The standard InChI is InChI=1S/C24H27FN2O4/c1-3-4-6-16-13-19(25)21-22(24(16)31-12-5-7-20(26)28)27-14-18(23(21)29)15-8-10-17(30-2)11-9-15/h8-11,13-14H,3-7,12H2,1-2H3,(H2,26,28)(H,27,29). The molecule has 7 heteroatoms. The van der Waals surface area contributed by atoms with E-state index in [1.165, 1.54) is 6.07 Å². The number of ether oxygens (including phenoxy) is 2. The predicted molar refractivity (Wildman–Crippen MR) is 119 cm³/mol. The topological polar surface area (TPSA) is 94.4 Å². The van der Waals surface area contributed by atoms with Crippen molar-refractivity contribution in [1.82, 2.24) is 4.98 Å². The molecular formula is C24H27FN2O4. The van der Waals surface area contributed by atoms with Gasteiger partial charge in [-0.2, -0.15) is 0 Å². The van der Waals surface area contributed by atoms with E-state index in [9.17, 15) is 9.59 Å². The largest absolute Gasteiger partial charge is 0.497 e. The quantitative estimate of drug-likeness (QED) is 0.472. The van der Waals surface area contributed by atoms with Crippen molar-refractivity contribution < 1.29 is 18.7 Å². The van der Waals surface area contributed by atoms with Gasteiger partial charge in [-0.1, -0.05) is 25.5 Å². The first kappa shape index (κ1) is 22.3. The summed E-state index contributed by atoms with van der Waals surface area (Å²) < 4.78 is 26.1. The summed E-state index contributed by atoms with van der Waals surface area (Å²) in [6, 6.07) is 8.38. The van der Waals surface area contributed by atoms with Crippen LogP contribution in [0.5, 0.6) is 11.5 Å². The van der Waals surface area contributed by atoms with Gasteiger partial charge < -0.3 is 20.2 Å². The molecule has 0 bridgehead atoms. The van der Waals surface area contributed by atoms with Gasteiger partial charge in [0.15, 0.2) is 5.43 Å². The van der Waals surface area contributed by atoms with E-state index in [1.54, 1.807) is 37.6 Å². The summed E-state index contributed by atoms with van der Waals surface area (Å²) in [7, 11) is 1.56. The second kappa shape index (κ2) is 10.1. The summed E-state index contributed by atoms with van der Waals surface area (Å²) in [6.45, 7) is 2.29. The minimum Gasteiger partial charge on any atom is -0.497 e. The first-order chi connectivity index (χ1) is 15.0. The second-order valence-corrected chi connectivity index (χ2v) is 7.38. The first-order valence-electron chi connectivity index (χ1n) is 10.4. The van der Waals surface area contributed by atoms with Crippen molar-refractivity contribution in [3.63, 3.8) is 0 Å². The first-order valence-corrected chi connectivity index (χ1v) is 10.4. The van der Waals surface area contributed by atoms with Crippen LogP contribution in [0.15, 0.2) is 41.3 Å². The van der Waals surface area contributed by atoms with E-state index in [-0.39, 0.29) is 18.4 Å². The molecule has 3 aromatic rings. The normalized spacial score (nSPS) is 10.9. The van der Waals surface area contributed by atoms with Gasteiger partial charge in [-0.25, -0.2) is 4.39 Å². The highest BCUT2D eigenvalue weighted by Crippen LogP contribution is 2.32. The number of primary amides is 1. The van der Waals surface area contributed by atoms with Crippen molar-refractivity contribution in [2.75, 3.05) is 13.7 Å². The molecule has 0 unspecified atom stereocenters. The van der Waals surface area contributed by atoms with Gasteiger partial charge >= 0.3 is 0 Å². The lowest BCUT2D eigenvalue weighted by atomic mass is 10.00. The molecule has 1 aromatic heterocycles. The zero-order valence-corrected chi connectivity index (χ0v) is 17.8. The maximum absolute atomic E-state index is 15.1. The van der Waals surface area contributed by atoms with E-state index in [4.69, 9.17) is 15.2 Å². The van der Waals surface area contributed by atoms with Crippen LogP contribution < -0.4 is 20.6 Å². The number of benzene rings is 2. The second-order valence-electron chi connectivity index (χ2n) is 7.38. The van der Waals surface area contributed by atoms with Crippen molar-refractivity contribution in [2.24, 2.45) is 5.73 Å². The Kier molecular flexibility index (Phi) is 7.28. The number of pyridine rings is 1. The van der Waals surface area contributed by atoms with Crippen molar-refractivity contribution in [2.45, 2.75) is 39.0 Å². The number of unbranched alkanes of at least 4 members (excludes halogenated alkanes) is 1. The number of methoxy groups -OCH3 is 1. The molecule has 6 nitrogen and oxygen atoms in total. The van der Waals surface area contributed by atoms with Gasteiger partial charge in [0.25, 0.3) is 0 Å². The molecule has 1 amide bonds. The van der Waals surface area contributed by atoms with Gasteiger partial charge in [0.05, 0.1) is 24.6 Å². The number of hydrogen-bond donors (Lipinski definition) is 2. The SMILES string of the molecule is CCCCc1cc(F)c2c(=O)c(-c3ccc(OC)cc3)c[nH]c2c1OCCCC(N)=O. The number of H-pyrrole nitrogens is 1. The lowest BCUT2D eigenvalue weighted by molar-refractivity contribution is -0.118. The molecule has 2 aromatic carbocycles. The fraction of sp³-hybridized carbons (Fsp3) is 0.333. The van der Waals surface area contributed by atoms with Gasteiger partial charge in [-0.05, 0) is 48.6 Å². The molecule has 3 N–H and O–H groups in total. The average Bonchev–Trinajstić information content (AvgIpc) is 2.76. The summed E-state index contributed by atoms with van der Waals surface area (Å²) in [5.74, 6) is 0.130. The molecule has 0 atom stereocenters. The van der Waals surface area contributed by atoms with Crippen LogP contribution in [-0.2, 0) is 11.2 Å². The number of aromatic nitrogens is 1. The molecule has 0 saturated carbocycles. The highest BCUT2D eigenvalue weighted by molar-refractivity contribution is 5.89. The molecule has 0 saturated heterocycles. The smallest absolute Gasteiger partial charge is 0.217 e. The third-order valence-electron chi connectivity index (χ3n) is 5.16. The summed E-state index contributed by atoms with van der Waals surface area (Å²) >= 11 is 0. The Hall–Kier alpha value is -3.35. The van der Waals surface area contributed by atoms with E-state index in [1.807, 2.05) is 6.92 Å². The van der Waals surface area contributed by atoms with E-state index in [0.717, 1.165) is 12.8 Å². The third-order valence-corrected chi connectivity index (χ3v) is 5.16. The van der Waals surface area contributed by atoms with Gasteiger partial charge in [-0.15, -0.1) is 0 Å². The summed E-state index contributed by atoms with van der Waals surface area (Å²) in [5.41, 5.74) is 6.80. The Morgan fingerprint density at radius 2 is 1.94 bits per heavy atom. The third kappa shape index (κ3) is 5.05. The van der Waals surface area contributed by atoms with E-state index in [2.05, 4.69) is 4.98 Å². The highest BCUT2D eigenvalue weighted by atomic mass is 19.1. The molecule has 0 fully saturated rings. The number of fused-ring (bicyclic) bond motifs is 1. The fourth-order valence-corrected chi connectivity index (χ4v) is 3.51. The molecule has 0 aliphatic heterocycles. The van der Waals surface area contributed by atoms with Crippen molar-refractivity contribution in [1.29, 1.82) is 0 Å². The number of amides is 1. The molecule has 0 radical (unpaired) electrons. The minimum absolute atomic E-state index is 0.0431. The van der Waals surface area contributed by atoms with Gasteiger partial charge in [0.2, 0.25) is 5.91 Å². The van der Waals surface area contributed by atoms with Gasteiger partial charge in [0.1, 0.15) is 17.3 Å². The average molecular weight is 426 g/mol. The number of rotatable bonds is 10. The Morgan fingerprint density at radius 3 is 2.58 bits per heavy atom. The van der Waals surface area contributed by atoms with Crippen LogP contribution in [0.2, 0.25) is 0 Å². The zero-order chi connectivity index (χ0) is 22.4. The molecule has 0 aliphatic rings. The van der Waals surface area contributed by atoms with Crippen LogP contribution in [0, 0.1) is 5.82 Å². The molecule has 164 valence electrons. The Balaban J connectivity index is 2.08. The summed E-state index contributed by atoms with van der Waals surface area (Å²) in [5, 5.41) is -0.0431. The molecule has 0 aliphatic carbocycles. The monoisotopic (exact) mass is 426 g/mol. The van der Waals surface area contributed by atoms with E-state index in [0.29, 0.717) is 46.5 Å². The van der Waals surface area contributed by atoms with E-state index >= 15 is 4.39 Å². The van der Waals surface area contributed by atoms with Crippen LogP contribution in [0.25, 0.3) is 22.0 Å². The number of aromatic amines is 1. The number of halogens is 1. The van der Waals surface area contributed by atoms with Gasteiger partial charge in [0, 0.05) is 18.2 Å². The Morgan fingerprint density at radius 1 is 1.19 bits per heavy atom. The maximum atomic E-state index is 15.1. The lowest BCUT2D eigenvalue weighted by Crippen LogP contribution is -2.13. The van der Waals surface area contributed by atoms with Crippen LogP contribution in [0.4, 0.5) is 4.39 Å². The predicted octanol–water partition coefficient (Wildman–Crippen LogP) is 4.33. The molecule has 0 spiro atoms. The van der Waals surface area contributed by atoms with Crippen LogP contribution in [0.1, 0.15) is 38.2 Å². The van der Waals surface area contributed by atoms with E-state index < -0.39 is 17.2 Å². The Labute approximate surface area is 180 Å². The number of nitrogens with one attached hydrogen (secondary N) is 1. The lowest BCUT2D eigenvalue weighted by Gasteiger charge is -2.15. The van der Waals surface area contributed by atoms with Crippen molar-refractivity contribution in [3.05, 3.63) is 58.1 Å². The number of nitrogens with two attached hydrogens (primary N) is 1. The van der Waals surface area contributed by atoms with Crippen LogP contribution >= 0.6 is 0 Å². The van der Waals surface area contributed by atoms with Crippen LogP contribution in [0.3, 0.4) is 0 Å². The number of carbonyl (C=O) groups excluding carboxylic acids is 1. The fourth-order valence-electron chi connectivity index (χ4n) is 3.51. The number of hydrogen-bond acceptors (Lipinski definition) is 4. The molecule has 3 rings (SSSR count). The molecule has 1 heterocycles. The van der Waals surface area contributed by atoms with Crippen molar-refractivity contribution >= 4 is 16.8 Å².